The van der Waals surface area contributed by atoms with Crippen molar-refractivity contribution in [3.63, 3.8) is 0 Å². The maximum absolute atomic E-state index is 11.6. The lowest BCUT2D eigenvalue weighted by Crippen LogP contribution is -2.55. The summed E-state index contributed by atoms with van der Waals surface area (Å²) in [6.45, 7) is 6.82. The predicted octanol–water partition coefficient (Wildman–Crippen LogP) is 5.13. The Kier molecular flexibility index (Phi) is 5.97. The van der Waals surface area contributed by atoms with Gasteiger partial charge in [-0.25, -0.2) is 9.59 Å². The molecule has 0 aromatic carbocycles. The first-order valence-corrected chi connectivity index (χ1v) is 13.0. The highest BCUT2D eigenvalue weighted by Gasteiger charge is 2.60. The van der Waals surface area contributed by atoms with E-state index in [-0.39, 0.29) is 5.63 Å². The second-order valence-electron chi connectivity index (χ2n) is 12.0. The van der Waals surface area contributed by atoms with Gasteiger partial charge in [0.25, 0.3) is 0 Å². The summed E-state index contributed by atoms with van der Waals surface area (Å²) >= 11 is 0. The monoisotopic (exact) mass is 457 g/mol. The van der Waals surface area contributed by atoms with Crippen LogP contribution in [0.3, 0.4) is 0 Å². The van der Waals surface area contributed by atoms with Crippen molar-refractivity contribution in [1.29, 1.82) is 0 Å². The van der Waals surface area contributed by atoms with Gasteiger partial charge < -0.3 is 9.73 Å². The normalized spacial score (nSPS) is 43.2. The maximum Gasteiger partial charge on any atom is 0.358 e. The molecule has 0 amide bonds. The Morgan fingerprint density at radius 2 is 1.85 bits per heavy atom. The van der Waals surface area contributed by atoms with E-state index in [1.165, 1.54) is 50.5 Å². The minimum absolute atomic E-state index is 0.263. The molecule has 1 aromatic rings. The molecule has 9 atom stereocenters. The Balaban J connectivity index is 1.30. The van der Waals surface area contributed by atoms with Crippen molar-refractivity contribution < 1.29 is 19.4 Å². The van der Waals surface area contributed by atoms with E-state index in [2.05, 4.69) is 24.1 Å². The Morgan fingerprint density at radius 3 is 2.58 bits per heavy atom. The number of carbonyl (C=O) groups excluding carboxylic acids is 1. The van der Waals surface area contributed by atoms with E-state index < -0.39 is 12.0 Å². The first-order valence-electron chi connectivity index (χ1n) is 13.0. The Labute approximate surface area is 196 Å². The first kappa shape index (κ1) is 23.1. The van der Waals surface area contributed by atoms with Crippen LogP contribution in [0, 0.1) is 34.5 Å². The summed E-state index contributed by atoms with van der Waals surface area (Å²) in [6.07, 6.45) is 12.7. The van der Waals surface area contributed by atoms with E-state index in [1.807, 2.05) is 6.07 Å². The van der Waals surface area contributed by atoms with Gasteiger partial charge in [-0.15, -0.1) is 0 Å². The van der Waals surface area contributed by atoms with Gasteiger partial charge in [0, 0.05) is 12.1 Å². The highest BCUT2D eigenvalue weighted by Crippen LogP contribution is 2.68. The van der Waals surface area contributed by atoms with Crippen LogP contribution in [0.4, 0.5) is 0 Å². The van der Waals surface area contributed by atoms with Crippen LogP contribution in [0.1, 0.15) is 90.0 Å². The average Bonchev–Trinajstić information content (AvgIpc) is 3.16. The third kappa shape index (κ3) is 3.78. The number of fused-ring (bicyclic) bond motifs is 5. The molecule has 6 nitrogen and oxygen atoms in total. The van der Waals surface area contributed by atoms with Crippen molar-refractivity contribution in [3.05, 3.63) is 34.4 Å². The zero-order valence-corrected chi connectivity index (χ0v) is 20.2. The zero-order valence-electron chi connectivity index (χ0n) is 20.2. The SMILES string of the molecule is CC(NC1CCC2(C)C(CCC3C2CCC2(C)C(c4ccc(=O)oc4)CCC32)C1)C(=O)OO. The molecule has 0 saturated heterocycles. The molecule has 1 aromatic heterocycles. The molecule has 9 unspecified atom stereocenters. The van der Waals surface area contributed by atoms with Crippen LogP contribution in [0.5, 0.6) is 0 Å². The highest BCUT2D eigenvalue weighted by molar-refractivity contribution is 5.74. The van der Waals surface area contributed by atoms with Crippen molar-refractivity contribution in [2.45, 2.75) is 96.6 Å². The fourth-order valence-corrected chi connectivity index (χ4v) is 9.02. The summed E-state index contributed by atoms with van der Waals surface area (Å²) in [5.74, 6) is 2.90. The second kappa shape index (κ2) is 8.53. The molecule has 4 aliphatic rings. The van der Waals surface area contributed by atoms with E-state index in [1.54, 1.807) is 19.3 Å². The molecular formula is C27H39NO5. The Bertz CT molecular complexity index is 924. The van der Waals surface area contributed by atoms with E-state index in [9.17, 15) is 9.59 Å². The average molecular weight is 458 g/mol. The van der Waals surface area contributed by atoms with E-state index >= 15 is 0 Å². The molecule has 0 spiro atoms. The lowest BCUT2D eigenvalue weighted by Gasteiger charge is -2.61. The number of nitrogens with one attached hydrogen (secondary N) is 1. The third-order valence-corrected chi connectivity index (χ3v) is 10.7. The number of hydrogen-bond donors (Lipinski definition) is 2. The van der Waals surface area contributed by atoms with Crippen LogP contribution >= 0.6 is 0 Å². The number of carbonyl (C=O) groups is 1. The fraction of sp³-hybridized carbons (Fsp3) is 0.778. The Morgan fingerprint density at radius 1 is 1.09 bits per heavy atom. The van der Waals surface area contributed by atoms with E-state index in [0.29, 0.717) is 28.7 Å². The maximum atomic E-state index is 11.6. The van der Waals surface area contributed by atoms with Crippen molar-refractivity contribution in [1.82, 2.24) is 5.32 Å². The molecule has 182 valence electrons. The van der Waals surface area contributed by atoms with Gasteiger partial charge in [-0.05, 0) is 117 Å². The van der Waals surface area contributed by atoms with Crippen LogP contribution in [-0.4, -0.2) is 23.3 Å². The molecular weight excluding hydrogens is 418 g/mol. The summed E-state index contributed by atoms with van der Waals surface area (Å²) in [5.41, 5.74) is 1.62. The molecule has 1 heterocycles. The molecule has 4 saturated carbocycles. The lowest BCUT2D eigenvalue weighted by atomic mass is 9.44. The van der Waals surface area contributed by atoms with Gasteiger partial charge >= 0.3 is 11.6 Å². The largest absolute Gasteiger partial charge is 0.431 e. The van der Waals surface area contributed by atoms with Crippen LogP contribution in [0.2, 0.25) is 0 Å². The molecule has 0 aliphatic heterocycles. The van der Waals surface area contributed by atoms with Gasteiger partial charge in [-0.3, -0.25) is 4.89 Å². The minimum Gasteiger partial charge on any atom is -0.431 e. The summed E-state index contributed by atoms with van der Waals surface area (Å²) < 4.78 is 5.24. The van der Waals surface area contributed by atoms with Crippen LogP contribution in [0.15, 0.2) is 27.6 Å². The molecule has 4 aliphatic carbocycles. The smallest absolute Gasteiger partial charge is 0.358 e. The minimum atomic E-state index is -0.605. The van der Waals surface area contributed by atoms with Crippen molar-refractivity contribution in [2.75, 3.05) is 0 Å². The van der Waals surface area contributed by atoms with Crippen molar-refractivity contribution in [3.8, 4) is 0 Å². The predicted molar refractivity (Wildman–Crippen MR) is 125 cm³/mol. The highest BCUT2D eigenvalue weighted by atomic mass is 17.1. The molecule has 2 N–H and O–H groups in total. The molecule has 0 radical (unpaired) electrons. The van der Waals surface area contributed by atoms with Crippen LogP contribution < -0.4 is 10.9 Å². The summed E-state index contributed by atoms with van der Waals surface area (Å²) in [5, 5.41) is 12.1. The van der Waals surface area contributed by atoms with Gasteiger partial charge in [0.15, 0.2) is 0 Å². The number of hydrogen-bond acceptors (Lipinski definition) is 6. The van der Waals surface area contributed by atoms with Gasteiger partial charge in [0.1, 0.15) is 6.04 Å². The quantitative estimate of drug-likeness (QED) is 0.481. The van der Waals surface area contributed by atoms with Crippen molar-refractivity contribution >= 4 is 5.97 Å². The lowest BCUT2D eigenvalue weighted by molar-refractivity contribution is -0.236. The summed E-state index contributed by atoms with van der Waals surface area (Å²) in [7, 11) is 0. The van der Waals surface area contributed by atoms with Gasteiger partial charge in [0.05, 0.1) is 6.26 Å². The standard InChI is InChI=1S/C27H39NO5/c1-16(25(30)33-31)28-19-10-12-26(2)18(14-19)5-6-20-22-8-7-21(17-4-9-24(29)32-15-17)27(22,3)13-11-23(20)26/h4,9,15-16,18-23,28,31H,5-8,10-14H2,1-3H3. The van der Waals surface area contributed by atoms with Gasteiger partial charge in [0.2, 0.25) is 0 Å². The van der Waals surface area contributed by atoms with Crippen LogP contribution in [-0.2, 0) is 9.68 Å². The van der Waals surface area contributed by atoms with Gasteiger partial charge in [-0.2, -0.15) is 5.26 Å². The molecule has 33 heavy (non-hydrogen) atoms. The van der Waals surface area contributed by atoms with E-state index in [0.717, 1.165) is 30.6 Å². The summed E-state index contributed by atoms with van der Waals surface area (Å²) in [6, 6.07) is 3.41. The second-order valence-corrected chi connectivity index (χ2v) is 12.0. The third-order valence-electron chi connectivity index (χ3n) is 10.7. The first-order chi connectivity index (χ1) is 15.8. The van der Waals surface area contributed by atoms with Crippen molar-refractivity contribution in [2.24, 2.45) is 34.5 Å². The van der Waals surface area contributed by atoms with Crippen LogP contribution in [0.25, 0.3) is 0 Å². The molecule has 5 rings (SSSR count). The topological polar surface area (TPSA) is 88.8 Å². The number of rotatable bonds is 4. The molecule has 6 heteroatoms. The Hall–Kier alpha value is -1.66. The zero-order chi connectivity index (χ0) is 23.4. The fourth-order valence-electron chi connectivity index (χ4n) is 9.02. The summed E-state index contributed by atoms with van der Waals surface area (Å²) in [4.78, 5) is 27.1. The van der Waals surface area contributed by atoms with E-state index in [4.69, 9.17) is 9.67 Å². The molecule has 0 bridgehead atoms. The molecule has 4 fully saturated rings. The van der Waals surface area contributed by atoms with Gasteiger partial charge in [-0.1, -0.05) is 13.8 Å².